The van der Waals surface area contributed by atoms with Crippen LogP contribution < -0.4 is 0 Å². The van der Waals surface area contributed by atoms with E-state index in [0.717, 1.165) is 67.0 Å². The number of nitrogens with zero attached hydrogens (tertiary/aromatic N) is 3. The molecule has 1 aromatic rings. The Morgan fingerprint density at radius 1 is 1.10 bits per heavy atom. The summed E-state index contributed by atoms with van der Waals surface area (Å²) < 4.78 is 38.9. The molecule has 0 amide bonds. The molecule has 5 atom stereocenters. The van der Waals surface area contributed by atoms with Crippen LogP contribution in [0.15, 0.2) is 82.4 Å². The minimum Gasteiger partial charge on any atom is -0.411 e. The van der Waals surface area contributed by atoms with Gasteiger partial charge in [0.15, 0.2) is 0 Å². The second-order valence-electron chi connectivity index (χ2n) is 12.7. The summed E-state index contributed by atoms with van der Waals surface area (Å²) in [5.41, 5.74) is 6.67. The molecule has 42 heavy (non-hydrogen) atoms. The summed E-state index contributed by atoms with van der Waals surface area (Å²) in [6, 6.07) is 1.64. The number of aliphatic imine (C=N–C) groups is 1. The topological polar surface area (TPSA) is 57.8 Å². The van der Waals surface area contributed by atoms with Gasteiger partial charge in [0.25, 0.3) is 6.43 Å². The summed E-state index contributed by atoms with van der Waals surface area (Å²) >= 11 is 0. The summed E-state index contributed by atoms with van der Waals surface area (Å²) in [6.07, 6.45) is 17.0. The van der Waals surface area contributed by atoms with Crippen LogP contribution >= 0.6 is 0 Å². The number of pyridine rings is 1. The Hall–Kier alpha value is -3.22. The van der Waals surface area contributed by atoms with Crippen LogP contribution in [-0.2, 0) is 0 Å². The number of fused-ring (bicyclic) bond motifs is 5. The Bertz CT molecular complexity index is 1370. The first kappa shape index (κ1) is 31.7. The monoisotopic (exact) mass is 579 g/mol. The third-order valence-electron chi connectivity index (χ3n) is 10.6. The van der Waals surface area contributed by atoms with Crippen LogP contribution in [-0.4, -0.2) is 21.9 Å². The average molecular weight is 580 g/mol. The lowest BCUT2D eigenvalue weighted by Gasteiger charge is -2.58. The molecule has 0 aromatic carbocycles. The molecule has 5 rings (SSSR count). The molecular formula is C35H44F3N3O. The van der Waals surface area contributed by atoms with Crippen LogP contribution in [0.3, 0.4) is 0 Å². The second-order valence-corrected chi connectivity index (χ2v) is 12.7. The van der Waals surface area contributed by atoms with E-state index in [1.165, 1.54) is 30.0 Å². The lowest BCUT2D eigenvalue weighted by molar-refractivity contribution is -0.0190. The molecule has 1 heterocycles. The fourth-order valence-corrected chi connectivity index (χ4v) is 7.93. The van der Waals surface area contributed by atoms with E-state index in [1.54, 1.807) is 12.3 Å². The SMILES string of the molecule is C=CC(F)=N/C=C(C)/C(C)=C/C.CC12CC/C(=N\O)C=C1CCC1C2CCC2(C)C(c3cncc(C(F)F)c3)=CCC12. The van der Waals surface area contributed by atoms with Gasteiger partial charge in [-0.25, -0.2) is 13.8 Å². The molecule has 1 N–H and O–H groups in total. The van der Waals surface area contributed by atoms with E-state index in [1.807, 2.05) is 26.8 Å². The van der Waals surface area contributed by atoms with E-state index < -0.39 is 12.4 Å². The number of aromatic nitrogens is 1. The smallest absolute Gasteiger partial charge is 0.265 e. The van der Waals surface area contributed by atoms with Crippen molar-refractivity contribution in [3.63, 3.8) is 0 Å². The molecule has 4 aliphatic rings. The summed E-state index contributed by atoms with van der Waals surface area (Å²) in [5.74, 6) is 1.30. The summed E-state index contributed by atoms with van der Waals surface area (Å²) in [6.45, 7) is 13.8. The van der Waals surface area contributed by atoms with Crippen LogP contribution in [0.25, 0.3) is 5.57 Å². The van der Waals surface area contributed by atoms with Gasteiger partial charge < -0.3 is 5.21 Å². The zero-order valence-corrected chi connectivity index (χ0v) is 25.5. The van der Waals surface area contributed by atoms with Crippen LogP contribution in [0.1, 0.15) is 97.1 Å². The maximum Gasteiger partial charge on any atom is 0.265 e. The lowest BCUT2D eigenvalue weighted by Crippen LogP contribution is -2.49. The summed E-state index contributed by atoms with van der Waals surface area (Å²) in [5, 5.41) is 12.7. The molecule has 0 saturated heterocycles. The molecule has 0 bridgehead atoms. The minimum atomic E-state index is -2.49. The van der Waals surface area contributed by atoms with Crippen molar-refractivity contribution in [1.82, 2.24) is 4.98 Å². The van der Waals surface area contributed by atoms with Crippen LogP contribution in [0, 0.1) is 28.6 Å². The van der Waals surface area contributed by atoms with Gasteiger partial charge in [-0.2, -0.15) is 4.39 Å². The van der Waals surface area contributed by atoms with Gasteiger partial charge in [0.05, 0.1) is 5.71 Å². The molecular weight excluding hydrogens is 535 g/mol. The largest absolute Gasteiger partial charge is 0.411 e. The minimum absolute atomic E-state index is 0.0117. The van der Waals surface area contributed by atoms with Gasteiger partial charge in [-0.15, -0.1) is 0 Å². The van der Waals surface area contributed by atoms with Crippen molar-refractivity contribution >= 4 is 17.3 Å². The van der Waals surface area contributed by atoms with Crippen LogP contribution in [0.5, 0.6) is 0 Å². The maximum absolute atomic E-state index is 13.2. The highest BCUT2D eigenvalue weighted by molar-refractivity contribution is 5.96. The van der Waals surface area contributed by atoms with E-state index >= 15 is 0 Å². The number of alkyl halides is 2. The van der Waals surface area contributed by atoms with Gasteiger partial charge in [0.2, 0.25) is 5.97 Å². The Morgan fingerprint density at radius 3 is 2.52 bits per heavy atom. The third-order valence-corrected chi connectivity index (χ3v) is 10.6. The molecule has 4 nitrogen and oxygen atoms in total. The first-order chi connectivity index (χ1) is 20.0. The molecule has 0 spiro atoms. The average Bonchev–Trinajstić information content (AvgIpc) is 3.36. The molecule has 0 aliphatic heterocycles. The van der Waals surface area contributed by atoms with E-state index in [4.69, 9.17) is 0 Å². The van der Waals surface area contributed by atoms with Crippen molar-refractivity contribution in [1.29, 1.82) is 0 Å². The van der Waals surface area contributed by atoms with Crippen LogP contribution in [0.4, 0.5) is 13.2 Å². The predicted molar refractivity (Wildman–Crippen MR) is 165 cm³/mol. The number of allylic oxidation sites excluding steroid dienone is 8. The molecule has 1 aromatic heterocycles. The molecule has 2 fully saturated rings. The molecule has 2 saturated carbocycles. The van der Waals surface area contributed by atoms with E-state index in [-0.39, 0.29) is 16.4 Å². The predicted octanol–water partition coefficient (Wildman–Crippen LogP) is 10.2. The van der Waals surface area contributed by atoms with Crippen molar-refractivity contribution in [2.24, 2.45) is 38.7 Å². The number of hydrogen-bond donors (Lipinski definition) is 1. The van der Waals surface area contributed by atoms with E-state index in [2.05, 4.69) is 47.7 Å². The number of oxime groups is 1. The molecule has 5 unspecified atom stereocenters. The Morgan fingerprint density at radius 2 is 1.86 bits per heavy atom. The number of halogens is 3. The standard InChI is InChI=1S/C25H30F2N2O.C10H14FN/c1-24-9-7-18(29-30)12-17(24)3-4-19-21-6-5-20(25(21,2)10-8-22(19)24)15-11-16(23(26)27)14-28-13-15;1-5-8(3)9(4)7-12-10(11)6-2/h5,11-14,19,21-23,30H,3-4,6-10H2,1-2H3;5-7H,2H2,1,3-4H3/b29-18+;8-5+,9-7+,12-10?. The second kappa shape index (κ2) is 13.0. The fraction of sp³-hybridized carbons (Fsp3) is 0.514. The first-order valence-corrected chi connectivity index (χ1v) is 15.0. The van der Waals surface area contributed by atoms with Gasteiger partial charge in [0.1, 0.15) is 0 Å². The van der Waals surface area contributed by atoms with Gasteiger partial charge in [0, 0.05) is 24.2 Å². The van der Waals surface area contributed by atoms with Gasteiger partial charge in [-0.05, 0) is 129 Å². The van der Waals surface area contributed by atoms with Gasteiger partial charge in [-0.3, -0.25) is 4.98 Å². The summed E-state index contributed by atoms with van der Waals surface area (Å²) in [4.78, 5) is 7.66. The third kappa shape index (κ3) is 6.11. The van der Waals surface area contributed by atoms with Crippen molar-refractivity contribution in [3.05, 3.63) is 83.4 Å². The summed E-state index contributed by atoms with van der Waals surface area (Å²) in [7, 11) is 0. The fourth-order valence-electron chi connectivity index (χ4n) is 7.93. The van der Waals surface area contributed by atoms with Gasteiger partial charge >= 0.3 is 0 Å². The number of hydrogen-bond acceptors (Lipinski definition) is 4. The van der Waals surface area contributed by atoms with Gasteiger partial charge in [-0.1, -0.05) is 48.9 Å². The van der Waals surface area contributed by atoms with Crippen molar-refractivity contribution in [3.8, 4) is 0 Å². The van der Waals surface area contributed by atoms with Crippen molar-refractivity contribution in [2.45, 2.75) is 86.0 Å². The highest BCUT2D eigenvalue weighted by Crippen LogP contribution is 2.66. The zero-order chi connectivity index (χ0) is 30.7. The highest BCUT2D eigenvalue weighted by Gasteiger charge is 2.57. The van der Waals surface area contributed by atoms with Crippen molar-refractivity contribution in [2.75, 3.05) is 0 Å². The Balaban J connectivity index is 0.000000288. The van der Waals surface area contributed by atoms with Crippen molar-refractivity contribution < 1.29 is 18.4 Å². The number of rotatable bonds is 5. The molecule has 7 heteroatoms. The zero-order valence-electron chi connectivity index (χ0n) is 25.5. The van der Waals surface area contributed by atoms with E-state index in [9.17, 15) is 18.4 Å². The first-order valence-electron chi connectivity index (χ1n) is 15.0. The Labute approximate surface area is 248 Å². The Kier molecular flexibility index (Phi) is 9.79. The molecule has 226 valence electrons. The lowest BCUT2D eigenvalue weighted by atomic mass is 9.46. The normalized spacial score (nSPS) is 32.3. The molecule has 4 aliphatic carbocycles. The van der Waals surface area contributed by atoms with E-state index in [0.29, 0.717) is 17.8 Å². The highest BCUT2D eigenvalue weighted by atomic mass is 19.3. The molecule has 0 radical (unpaired) electrons. The quantitative estimate of drug-likeness (QED) is 0.163. The van der Waals surface area contributed by atoms with Crippen LogP contribution in [0.2, 0.25) is 0 Å². The maximum atomic E-state index is 13.2.